The molecular weight excluding hydrogens is 529 g/mol. The predicted molar refractivity (Wildman–Crippen MR) is 143 cm³/mol. The van der Waals surface area contributed by atoms with Crippen LogP contribution in [-0.2, 0) is 11.2 Å². The summed E-state index contributed by atoms with van der Waals surface area (Å²) in [5.74, 6) is -3.20. The van der Waals surface area contributed by atoms with Gasteiger partial charge in [0.15, 0.2) is 10.8 Å². The van der Waals surface area contributed by atoms with Crippen LogP contribution in [0.4, 0.5) is 18.3 Å². The van der Waals surface area contributed by atoms with Gasteiger partial charge in [0.05, 0.1) is 22.0 Å². The number of anilines is 1. The molecule has 1 atom stereocenters. The number of carbonyl (C=O) groups is 2. The van der Waals surface area contributed by atoms with Gasteiger partial charge in [-0.1, -0.05) is 17.4 Å². The molecule has 1 aliphatic heterocycles. The molecule has 1 aliphatic rings. The Kier molecular flexibility index (Phi) is 7.49. The van der Waals surface area contributed by atoms with Crippen molar-refractivity contribution >= 4 is 39.1 Å². The van der Waals surface area contributed by atoms with Crippen molar-refractivity contribution in [3.8, 4) is 11.1 Å². The third kappa shape index (κ3) is 5.71. The lowest BCUT2D eigenvalue weighted by atomic mass is 9.94. The molecule has 0 aliphatic carbocycles. The maximum absolute atomic E-state index is 14.3. The third-order valence-electron chi connectivity index (χ3n) is 6.68. The minimum absolute atomic E-state index is 0.0122. The van der Waals surface area contributed by atoms with Crippen molar-refractivity contribution in [2.45, 2.75) is 12.5 Å². The number of rotatable bonds is 8. The molecule has 39 heavy (non-hydrogen) atoms. The van der Waals surface area contributed by atoms with Crippen LogP contribution in [0.5, 0.6) is 0 Å². The number of thiazole rings is 1. The first-order chi connectivity index (χ1) is 18.7. The molecule has 12 heteroatoms. The number of hydrogen-bond donors (Lipinski definition) is 2. The van der Waals surface area contributed by atoms with E-state index in [1.807, 2.05) is 6.07 Å². The number of hydrogen-bond acceptors (Lipinski definition) is 7. The fraction of sp³-hybridized carbons (Fsp3) is 0.259. The standard InChI is InChI=1S/C27H25F3N6O2S/c1-35-4-6-36(7-5-35)27-34-26-23(39-27)13-19(16-2-3-21(30)20(11-16)25(31)38)24(33-26)22(32-14-37)10-15-8-17(28)12-18(29)9-15/h2-3,8-9,11-14,22H,4-7,10H2,1H3,(H2,31,38)(H,32,37). The van der Waals surface area contributed by atoms with E-state index in [2.05, 4.69) is 22.2 Å². The summed E-state index contributed by atoms with van der Waals surface area (Å²) >= 11 is 1.45. The van der Waals surface area contributed by atoms with E-state index in [1.165, 1.54) is 35.6 Å². The van der Waals surface area contributed by atoms with Crippen LogP contribution in [0.15, 0.2) is 42.5 Å². The summed E-state index contributed by atoms with van der Waals surface area (Å²) in [6.07, 6.45) is 0.491. The highest BCUT2D eigenvalue weighted by Gasteiger charge is 2.24. The predicted octanol–water partition coefficient (Wildman–Crippen LogP) is 3.66. The maximum atomic E-state index is 14.3. The summed E-state index contributed by atoms with van der Waals surface area (Å²) in [6, 6.07) is 8.06. The molecule has 2 aromatic heterocycles. The van der Waals surface area contributed by atoms with E-state index < -0.39 is 29.4 Å². The Hall–Kier alpha value is -4.03. The van der Waals surface area contributed by atoms with Gasteiger partial charge in [-0.15, -0.1) is 0 Å². The van der Waals surface area contributed by atoms with Gasteiger partial charge in [-0.25, -0.2) is 18.2 Å². The zero-order valence-corrected chi connectivity index (χ0v) is 21.8. The molecule has 2 aromatic carbocycles. The first-order valence-electron chi connectivity index (χ1n) is 12.2. The van der Waals surface area contributed by atoms with Gasteiger partial charge in [0.2, 0.25) is 6.41 Å². The van der Waals surface area contributed by atoms with Crippen LogP contribution in [0.3, 0.4) is 0 Å². The first kappa shape index (κ1) is 26.6. The zero-order valence-electron chi connectivity index (χ0n) is 21.0. The molecule has 0 bridgehead atoms. The lowest BCUT2D eigenvalue weighted by Gasteiger charge is -2.31. The smallest absolute Gasteiger partial charge is 0.251 e. The molecule has 202 valence electrons. The topological polar surface area (TPSA) is 104 Å². The quantitative estimate of drug-likeness (QED) is 0.322. The van der Waals surface area contributed by atoms with Crippen LogP contribution in [-0.4, -0.2) is 60.4 Å². The Morgan fingerprint density at radius 1 is 1.08 bits per heavy atom. The van der Waals surface area contributed by atoms with E-state index in [4.69, 9.17) is 15.7 Å². The van der Waals surface area contributed by atoms with Crippen LogP contribution in [0.1, 0.15) is 27.7 Å². The fourth-order valence-electron chi connectivity index (χ4n) is 4.66. The molecular formula is C27H25F3N6O2S. The average Bonchev–Trinajstić information content (AvgIpc) is 3.31. The number of piperazine rings is 1. The highest BCUT2D eigenvalue weighted by molar-refractivity contribution is 7.22. The molecule has 0 spiro atoms. The van der Waals surface area contributed by atoms with Gasteiger partial charge in [0.1, 0.15) is 17.5 Å². The molecule has 3 N–H and O–H groups in total. The number of nitrogens with zero attached hydrogens (tertiary/aromatic N) is 4. The summed E-state index contributed by atoms with van der Waals surface area (Å²) in [6.45, 7) is 3.38. The van der Waals surface area contributed by atoms with Crippen molar-refractivity contribution in [3.63, 3.8) is 0 Å². The number of halogens is 3. The van der Waals surface area contributed by atoms with E-state index >= 15 is 0 Å². The number of benzene rings is 2. The highest BCUT2D eigenvalue weighted by Crippen LogP contribution is 2.36. The highest BCUT2D eigenvalue weighted by atomic mass is 32.1. The van der Waals surface area contributed by atoms with Crippen LogP contribution in [0, 0.1) is 17.5 Å². The fourth-order valence-corrected chi connectivity index (χ4v) is 5.66. The molecule has 8 nitrogen and oxygen atoms in total. The second-order valence-electron chi connectivity index (χ2n) is 9.41. The van der Waals surface area contributed by atoms with Crippen LogP contribution >= 0.6 is 11.3 Å². The number of fused-ring (bicyclic) bond motifs is 1. The Morgan fingerprint density at radius 3 is 2.46 bits per heavy atom. The van der Waals surface area contributed by atoms with Gasteiger partial charge in [0.25, 0.3) is 5.91 Å². The van der Waals surface area contributed by atoms with Gasteiger partial charge >= 0.3 is 0 Å². The normalized spacial score (nSPS) is 14.9. The lowest BCUT2D eigenvalue weighted by Crippen LogP contribution is -2.44. The van der Waals surface area contributed by atoms with E-state index in [9.17, 15) is 22.8 Å². The van der Waals surface area contributed by atoms with Crippen LogP contribution < -0.4 is 16.0 Å². The summed E-state index contributed by atoms with van der Waals surface area (Å²) in [5, 5.41) is 3.48. The number of amides is 2. The maximum Gasteiger partial charge on any atom is 0.251 e. The minimum atomic E-state index is -0.933. The molecule has 1 fully saturated rings. The number of nitrogens with two attached hydrogens (primary N) is 1. The lowest BCUT2D eigenvalue weighted by molar-refractivity contribution is -0.110. The van der Waals surface area contributed by atoms with Gasteiger partial charge < -0.3 is 20.9 Å². The first-order valence-corrected chi connectivity index (χ1v) is 13.0. The second-order valence-corrected chi connectivity index (χ2v) is 10.4. The van der Waals surface area contributed by atoms with E-state index in [0.29, 0.717) is 34.4 Å². The summed E-state index contributed by atoms with van der Waals surface area (Å²) < 4.78 is 42.9. The van der Waals surface area contributed by atoms with Gasteiger partial charge in [0, 0.05) is 37.8 Å². The Labute approximate surface area is 226 Å². The molecule has 4 aromatic rings. The number of nitrogens with one attached hydrogen (secondary N) is 1. The molecule has 0 saturated carbocycles. The number of aromatic nitrogens is 2. The molecule has 3 heterocycles. The SMILES string of the molecule is CN1CCN(c2nc3nc(C(Cc4cc(F)cc(F)c4)NC=O)c(-c4ccc(F)c(C(N)=O)c4)cc3s2)CC1. The van der Waals surface area contributed by atoms with Crippen molar-refractivity contribution in [1.82, 2.24) is 20.2 Å². The Balaban J connectivity index is 1.65. The summed E-state index contributed by atoms with van der Waals surface area (Å²) in [5.41, 5.74) is 7.10. The van der Waals surface area contributed by atoms with Crippen LogP contribution in [0.25, 0.3) is 21.5 Å². The van der Waals surface area contributed by atoms with Crippen LogP contribution in [0.2, 0.25) is 0 Å². The van der Waals surface area contributed by atoms with Crippen molar-refractivity contribution in [2.24, 2.45) is 5.73 Å². The second kappa shape index (κ2) is 11.0. The van der Waals surface area contributed by atoms with E-state index in [1.54, 1.807) is 0 Å². The van der Waals surface area contributed by atoms with Crippen molar-refractivity contribution in [1.29, 1.82) is 0 Å². The molecule has 2 amide bonds. The number of primary amides is 1. The summed E-state index contributed by atoms with van der Waals surface area (Å²) in [4.78, 5) is 37.4. The van der Waals surface area contributed by atoms with Crippen molar-refractivity contribution in [3.05, 3.63) is 76.7 Å². The monoisotopic (exact) mass is 554 g/mol. The largest absolute Gasteiger partial charge is 0.366 e. The summed E-state index contributed by atoms with van der Waals surface area (Å²) in [7, 11) is 2.06. The van der Waals surface area contributed by atoms with Gasteiger partial charge in [-0.2, -0.15) is 4.98 Å². The van der Waals surface area contributed by atoms with Gasteiger partial charge in [-0.05, 0) is 54.9 Å². The Bertz CT molecular complexity index is 1530. The molecule has 5 rings (SSSR count). The number of pyridine rings is 1. The Morgan fingerprint density at radius 2 is 1.79 bits per heavy atom. The number of carbonyl (C=O) groups excluding carboxylic acids is 2. The van der Waals surface area contributed by atoms with E-state index in [-0.39, 0.29) is 12.0 Å². The van der Waals surface area contributed by atoms with E-state index in [0.717, 1.165) is 48.1 Å². The molecule has 1 unspecified atom stereocenters. The molecule has 1 saturated heterocycles. The minimum Gasteiger partial charge on any atom is -0.366 e. The average molecular weight is 555 g/mol. The van der Waals surface area contributed by atoms with Gasteiger partial charge in [-0.3, -0.25) is 9.59 Å². The van der Waals surface area contributed by atoms with Crippen molar-refractivity contribution in [2.75, 3.05) is 38.1 Å². The third-order valence-corrected chi connectivity index (χ3v) is 7.73. The van der Waals surface area contributed by atoms with Crippen molar-refractivity contribution < 1.29 is 22.8 Å². The number of likely N-dealkylation sites (N-methyl/N-ethyl adjacent to an activating group) is 1. The molecule has 0 radical (unpaired) electrons. The zero-order chi connectivity index (χ0) is 27.7.